The Hall–Kier alpha value is -1.22. The molecule has 2 aromatic rings. The van der Waals surface area contributed by atoms with Gasteiger partial charge in [-0.3, -0.25) is 0 Å². The van der Waals surface area contributed by atoms with Crippen LogP contribution >= 0.6 is 23.4 Å². The topological polar surface area (TPSA) is 12.0 Å². The van der Waals surface area contributed by atoms with Crippen LogP contribution in [0.5, 0.6) is 0 Å². The van der Waals surface area contributed by atoms with E-state index >= 15 is 0 Å². The molecule has 0 aromatic heterocycles. The zero-order valence-corrected chi connectivity index (χ0v) is 13.6. The minimum Gasteiger partial charge on any atom is -0.313 e. The first-order chi connectivity index (χ1) is 10.2. The monoisotopic (exact) mass is 315 g/mol. The van der Waals surface area contributed by atoms with Crippen LogP contribution in [0.3, 0.4) is 0 Å². The smallest absolute Gasteiger partial charge is 0.0548 e. The minimum atomic E-state index is 0.828. The van der Waals surface area contributed by atoms with Crippen molar-refractivity contribution in [1.29, 1.82) is 0 Å². The molecule has 1 heterocycles. The van der Waals surface area contributed by atoms with Crippen molar-refractivity contribution in [2.45, 2.75) is 23.1 Å². The van der Waals surface area contributed by atoms with Gasteiger partial charge < -0.3 is 5.32 Å². The van der Waals surface area contributed by atoms with E-state index < -0.39 is 0 Å². The Morgan fingerprint density at radius 3 is 2.71 bits per heavy atom. The predicted molar refractivity (Wildman–Crippen MR) is 92.2 cm³/mol. The summed E-state index contributed by atoms with van der Waals surface area (Å²) in [6.07, 6.45) is 3.37. The van der Waals surface area contributed by atoms with E-state index in [1.54, 1.807) is 11.8 Å². The largest absolute Gasteiger partial charge is 0.313 e. The SMILES string of the molecule is Cc1ccc(Sc2ccccc2C2=CCNCC2)c(Cl)c1. The second kappa shape index (κ2) is 6.69. The molecule has 2 aromatic carbocycles. The Kier molecular flexibility index (Phi) is 4.69. The summed E-state index contributed by atoms with van der Waals surface area (Å²) < 4.78 is 0. The van der Waals surface area contributed by atoms with E-state index in [0.29, 0.717) is 0 Å². The van der Waals surface area contributed by atoms with Crippen LogP contribution in [0, 0.1) is 6.92 Å². The fourth-order valence-corrected chi connectivity index (χ4v) is 3.83. The molecule has 0 saturated carbocycles. The lowest BCUT2D eigenvalue weighted by Gasteiger charge is -2.17. The van der Waals surface area contributed by atoms with Crippen molar-refractivity contribution in [3.05, 3.63) is 64.7 Å². The van der Waals surface area contributed by atoms with Crippen molar-refractivity contribution in [2.24, 2.45) is 0 Å². The quantitative estimate of drug-likeness (QED) is 0.838. The van der Waals surface area contributed by atoms with E-state index in [4.69, 9.17) is 11.6 Å². The maximum atomic E-state index is 6.37. The number of rotatable bonds is 3. The van der Waals surface area contributed by atoms with E-state index in [2.05, 4.69) is 54.7 Å². The fraction of sp³-hybridized carbons (Fsp3) is 0.222. The van der Waals surface area contributed by atoms with Crippen LogP contribution in [-0.4, -0.2) is 13.1 Å². The average Bonchev–Trinajstić information content (AvgIpc) is 2.51. The summed E-state index contributed by atoms with van der Waals surface area (Å²) in [7, 11) is 0. The number of aryl methyl sites for hydroxylation is 1. The van der Waals surface area contributed by atoms with E-state index in [1.165, 1.54) is 21.6 Å². The highest BCUT2D eigenvalue weighted by Crippen LogP contribution is 2.38. The molecule has 0 radical (unpaired) electrons. The second-order valence-electron chi connectivity index (χ2n) is 5.22. The van der Waals surface area contributed by atoms with Crippen LogP contribution in [0.25, 0.3) is 5.57 Å². The number of hydrogen-bond acceptors (Lipinski definition) is 2. The molecule has 0 unspecified atom stereocenters. The maximum absolute atomic E-state index is 6.37. The highest BCUT2D eigenvalue weighted by Gasteiger charge is 2.12. The van der Waals surface area contributed by atoms with Gasteiger partial charge in [0.25, 0.3) is 0 Å². The zero-order chi connectivity index (χ0) is 14.7. The summed E-state index contributed by atoms with van der Waals surface area (Å²) >= 11 is 8.12. The van der Waals surface area contributed by atoms with Gasteiger partial charge in [0.1, 0.15) is 0 Å². The Labute approximate surface area is 135 Å². The van der Waals surface area contributed by atoms with E-state index in [0.717, 1.165) is 29.4 Å². The normalized spacial score (nSPS) is 14.9. The Balaban J connectivity index is 1.93. The van der Waals surface area contributed by atoms with E-state index in [1.807, 2.05) is 6.07 Å². The molecule has 3 rings (SSSR count). The molecule has 1 N–H and O–H groups in total. The van der Waals surface area contributed by atoms with Crippen molar-refractivity contribution >= 4 is 28.9 Å². The van der Waals surface area contributed by atoms with Gasteiger partial charge in [0.05, 0.1) is 5.02 Å². The molecule has 0 aliphatic carbocycles. The lowest BCUT2D eigenvalue weighted by atomic mass is 10.0. The molecule has 0 amide bonds. The first-order valence-corrected chi connectivity index (χ1v) is 8.36. The summed E-state index contributed by atoms with van der Waals surface area (Å²) in [5.74, 6) is 0. The first-order valence-electron chi connectivity index (χ1n) is 7.17. The lowest BCUT2D eigenvalue weighted by Crippen LogP contribution is -2.20. The van der Waals surface area contributed by atoms with Crippen LogP contribution in [0.1, 0.15) is 17.5 Å². The summed E-state index contributed by atoms with van der Waals surface area (Å²) in [5, 5.41) is 4.19. The number of hydrogen-bond donors (Lipinski definition) is 1. The van der Waals surface area contributed by atoms with Crippen molar-refractivity contribution in [3.8, 4) is 0 Å². The summed E-state index contributed by atoms with van der Waals surface area (Å²) in [4.78, 5) is 2.39. The molecular formula is C18H18ClNS. The standard InChI is InChI=1S/C18H18ClNS/c1-13-6-7-18(16(19)12-13)21-17-5-3-2-4-15(17)14-8-10-20-11-9-14/h2-8,12,20H,9-11H2,1H3. The molecule has 0 saturated heterocycles. The molecule has 108 valence electrons. The van der Waals surface area contributed by atoms with Gasteiger partial charge in [-0.05, 0) is 54.8 Å². The van der Waals surface area contributed by atoms with Crippen molar-refractivity contribution in [3.63, 3.8) is 0 Å². The zero-order valence-electron chi connectivity index (χ0n) is 12.0. The molecule has 1 aliphatic heterocycles. The third-order valence-corrected chi connectivity index (χ3v) is 5.18. The predicted octanol–water partition coefficient (Wildman–Crippen LogP) is 5.18. The van der Waals surface area contributed by atoms with Gasteiger partial charge in [0.2, 0.25) is 0 Å². The van der Waals surface area contributed by atoms with Crippen molar-refractivity contribution in [1.82, 2.24) is 5.32 Å². The summed E-state index contributed by atoms with van der Waals surface area (Å²) in [5.41, 5.74) is 3.96. The van der Waals surface area contributed by atoms with Gasteiger partial charge in [-0.2, -0.15) is 0 Å². The Morgan fingerprint density at radius 2 is 1.95 bits per heavy atom. The molecule has 3 heteroatoms. The van der Waals surface area contributed by atoms with E-state index in [9.17, 15) is 0 Å². The molecule has 0 fully saturated rings. The van der Waals surface area contributed by atoms with Gasteiger partial charge in [-0.15, -0.1) is 0 Å². The summed E-state index contributed by atoms with van der Waals surface area (Å²) in [6, 6.07) is 14.8. The average molecular weight is 316 g/mol. The van der Waals surface area contributed by atoms with Crippen LogP contribution in [0.2, 0.25) is 5.02 Å². The van der Waals surface area contributed by atoms with Crippen LogP contribution < -0.4 is 5.32 Å². The highest BCUT2D eigenvalue weighted by atomic mass is 35.5. The maximum Gasteiger partial charge on any atom is 0.0548 e. The molecule has 0 spiro atoms. The summed E-state index contributed by atoms with van der Waals surface area (Å²) in [6.45, 7) is 4.07. The minimum absolute atomic E-state index is 0.828. The number of nitrogens with one attached hydrogen (secondary N) is 1. The van der Waals surface area contributed by atoms with Crippen molar-refractivity contribution in [2.75, 3.05) is 13.1 Å². The van der Waals surface area contributed by atoms with Gasteiger partial charge >= 0.3 is 0 Å². The number of benzene rings is 2. The number of halogens is 1. The lowest BCUT2D eigenvalue weighted by molar-refractivity contribution is 0.737. The van der Waals surface area contributed by atoms with Crippen LogP contribution in [0.4, 0.5) is 0 Å². The van der Waals surface area contributed by atoms with Gasteiger partial charge in [0, 0.05) is 16.3 Å². The molecular weight excluding hydrogens is 298 g/mol. The van der Waals surface area contributed by atoms with E-state index in [-0.39, 0.29) is 0 Å². The van der Waals surface area contributed by atoms with Crippen LogP contribution in [0.15, 0.2) is 58.3 Å². The van der Waals surface area contributed by atoms with Crippen LogP contribution in [-0.2, 0) is 0 Å². The van der Waals surface area contributed by atoms with Gasteiger partial charge in [-0.1, -0.05) is 53.7 Å². The first kappa shape index (κ1) is 14.7. The van der Waals surface area contributed by atoms with Gasteiger partial charge in [-0.25, -0.2) is 0 Å². The highest BCUT2D eigenvalue weighted by molar-refractivity contribution is 7.99. The molecule has 1 nitrogen and oxygen atoms in total. The molecule has 21 heavy (non-hydrogen) atoms. The third kappa shape index (κ3) is 3.52. The molecule has 0 bridgehead atoms. The fourth-order valence-electron chi connectivity index (χ4n) is 2.50. The van der Waals surface area contributed by atoms with Crippen molar-refractivity contribution < 1.29 is 0 Å². The second-order valence-corrected chi connectivity index (χ2v) is 6.71. The Morgan fingerprint density at radius 1 is 1.10 bits per heavy atom. The molecule has 0 atom stereocenters. The molecule has 1 aliphatic rings. The Bertz CT molecular complexity index is 679. The van der Waals surface area contributed by atoms with Gasteiger partial charge in [0.15, 0.2) is 0 Å². The third-order valence-electron chi connectivity index (χ3n) is 3.60.